The number of hydrogen-bond donors (Lipinski definition) is 1. The Labute approximate surface area is 102 Å². The second kappa shape index (κ2) is 7.09. The zero-order chi connectivity index (χ0) is 9.64. The summed E-state index contributed by atoms with van der Waals surface area (Å²) in [6.45, 7) is 1.21. The Bertz CT molecular complexity index is 263. The molecule has 0 bridgehead atoms. The van der Waals surface area contributed by atoms with Crippen molar-refractivity contribution in [1.29, 1.82) is 0 Å². The average Bonchev–Trinajstić information content (AvgIpc) is 2.72. The van der Waals surface area contributed by atoms with Gasteiger partial charge in [0.2, 0.25) is 0 Å². The second-order valence-corrected chi connectivity index (χ2v) is 4.69. The van der Waals surface area contributed by atoms with E-state index in [0.29, 0.717) is 0 Å². The highest BCUT2D eigenvalue weighted by molar-refractivity contribution is 7.98. The molecule has 84 valence electrons. The molecule has 1 unspecified atom stereocenters. The molecule has 0 spiro atoms. The molecule has 2 nitrogen and oxygen atoms in total. The lowest BCUT2D eigenvalue weighted by Gasteiger charge is -2.08. The van der Waals surface area contributed by atoms with Gasteiger partial charge in [-0.15, -0.1) is 12.4 Å². The topological polar surface area (TPSA) is 24.9 Å². The lowest BCUT2D eigenvalue weighted by molar-refractivity contribution is 0.674. The zero-order valence-corrected chi connectivity index (χ0v) is 10.3. The van der Waals surface area contributed by atoms with Gasteiger partial charge in [-0.05, 0) is 37.1 Å². The van der Waals surface area contributed by atoms with Crippen LogP contribution in [0.15, 0.2) is 24.5 Å². The summed E-state index contributed by atoms with van der Waals surface area (Å²) in [5.41, 5.74) is 1.38. The second-order valence-electron chi connectivity index (χ2n) is 3.66. The zero-order valence-electron chi connectivity index (χ0n) is 8.69. The molecule has 0 amide bonds. The number of thioether (sulfide) groups is 1. The normalized spacial score (nSPS) is 19.9. The summed E-state index contributed by atoms with van der Waals surface area (Å²) in [4.78, 5) is 4.01. The van der Waals surface area contributed by atoms with Crippen LogP contribution >= 0.6 is 24.2 Å². The molecular weight excluding hydrogens is 228 g/mol. The van der Waals surface area contributed by atoms with Crippen molar-refractivity contribution in [2.45, 2.75) is 24.6 Å². The molecule has 1 aliphatic rings. The summed E-state index contributed by atoms with van der Waals surface area (Å²) in [5, 5.41) is 3.51. The van der Waals surface area contributed by atoms with E-state index in [9.17, 15) is 0 Å². The van der Waals surface area contributed by atoms with E-state index < -0.39 is 0 Å². The first kappa shape index (κ1) is 12.8. The van der Waals surface area contributed by atoms with Gasteiger partial charge in [-0.3, -0.25) is 4.98 Å². The number of aromatic nitrogens is 1. The maximum absolute atomic E-state index is 4.01. The SMILES string of the molecule is Cl.c1cc(CSCC2CCCN2)ccn1. The van der Waals surface area contributed by atoms with Crippen LogP contribution in [0.3, 0.4) is 0 Å². The third-order valence-electron chi connectivity index (χ3n) is 2.50. The fraction of sp³-hybridized carbons (Fsp3) is 0.545. The number of halogens is 1. The fourth-order valence-corrected chi connectivity index (χ4v) is 2.81. The Kier molecular flexibility index (Phi) is 6.06. The number of rotatable bonds is 4. The molecule has 1 saturated heterocycles. The smallest absolute Gasteiger partial charge is 0.0270 e. The maximum atomic E-state index is 4.01. The molecule has 2 rings (SSSR count). The quantitative estimate of drug-likeness (QED) is 0.881. The van der Waals surface area contributed by atoms with Gasteiger partial charge in [0.1, 0.15) is 0 Å². The molecule has 1 aromatic rings. The van der Waals surface area contributed by atoms with E-state index in [0.717, 1.165) is 11.8 Å². The first-order chi connectivity index (χ1) is 6.95. The Morgan fingerprint density at radius 3 is 2.87 bits per heavy atom. The Hall–Kier alpha value is -0.250. The van der Waals surface area contributed by atoms with E-state index in [-0.39, 0.29) is 12.4 Å². The summed E-state index contributed by atoms with van der Waals surface area (Å²) < 4.78 is 0. The number of nitrogens with zero attached hydrogens (tertiary/aromatic N) is 1. The minimum absolute atomic E-state index is 0. The van der Waals surface area contributed by atoms with Crippen LogP contribution in [0.5, 0.6) is 0 Å². The van der Waals surface area contributed by atoms with Crippen molar-refractivity contribution in [2.24, 2.45) is 0 Å². The van der Waals surface area contributed by atoms with Gasteiger partial charge in [0, 0.05) is 29.9 Å². The van der Waals surface area contributed by atoms with Gasteiger partial charge in [0.25, 0.3) is 0 Å². The third-order valence-corrected chi connectivity index (χ3v) is 3.68. The van der Waals surface area contributed by atoms with Gasteiger partial charge in [0.15, 0.2) is 0 Å². The van der Waals surface area contributed by atoms with Crippen molar-refractivity contribution in [1.82, 2.24) is 10.3 Å². The van der Waals surface area contributed by atoms with E-state index in [4.69, 9.17) is 0 Å². The maximum Gasteiger partial charge on any atom is 0.0270 e. The predicted molar refractivity (Wildman–Crippen MR) is 68.7 cm³/mol. The van der Waals surface area contributed by atoms with Gasteiger partial charge < -0.3 is 5.32 Å². The van der Waals surface area contributed by atoms with Crippen LogP contribution in [0.25, 0.3) is 0 Å². The summed E-state index contributed by atoms with van der Waals surface area (Å²) in [5.74, 6) is 2.35. The van der Waals surface area contributed by atoms with Gasteiger partial charge in [-0.1, -0.05) is 0 Å². The molecule has 0 radical (unpaired) electrons. The summed E-state index contributed by atoms with van der Waals surface area (Å²) >= 11 is 2.01. The highest BCUT2D eigenvalue weighted by atomic mass is 35.5. The molecule has 0 aliphatic carbocycles. The van der Waals surface area contributed by atoms with E-state index >= 15 is 0 Å². The van der Waals surface area contributed by atoms with Gasteiger partial charge in [-0.2, -0.15) is 11.8 Å². The monoisotopic (exact) mass is 244 g/mol. The molecule has 1 aromatic heterocycles. The van der Waals surface area contributed by atoms with E-state index in [2.05, 4.69) is 22.4 Å². The predicted octanol–water partition coefficient (Wildman–Crippen LogP) is 2.49. The number of hydrogen-bond acceptors (Lipinski definition) is 3. The van der Waals surface area contributed by atoms with Crippen molar-refractivity contribution < 1.29 is 0 Å². The van der Waals surface area contributed by atoms with Crippen LogP contribution in [0.4, 0.5) is 0 Å². The van der Waals surface area contributed by atoms with Crippen molar-refractivity contribution in [3.05, 3.63) is 30.1 Å². The molecule has 4 heteroatoms. The minimum atomic E-state index is 0. The van der Waals surface area contributed by atoms with Gasteiger partial charge >= 0.3 is 0 Å². The Balaban J connectivity index is 0.00000112. The van der Waals surface area contributed by atoms with Gasteiger partial charge in [0.05, 0.1) is 0 Å². The Morgan fingerprint density at radius 1 is 1.40 bits per heavy atom. The van der Waals surface area contributed by atoms with E-state index in [1.165, 1.54) is 30.7 Å². The summed E-state index contributed by atoms with van der Waals surface area (Å²) in [6, 6.07) is 4.94. The van der Waals surface area contributed by atoms with Crippen molar-refractivity contribution in [3.63, 3.8) is 0 Å². The van der Waals surface area contributed by atoms with E-state index in [1.807, 2.05) is 24.2 Å². The standard InChI is InChI=1S/C11H16N2S.ClH/c1-2-11(13-5-1)9-14-8-10-3-6-12-7-4-10;/h3-4,6-7,11,13H,1-2,5,8-9H2;1H. The first-order valence-electron chi connectivity index (χ1n) is 5.15. The highest BCUT2D eigenvalue weighted by Crippen LogP contribution is 2.16. The molecular formula is C11H17ClN2S. The number of pyridine rings is 1. The van der Waals surface area contributed by atoms with Crippen LogP contribution < -0.4 is 5.32 Å². The lowest BCUT2D eigenvalue weighted by Crippen LogP contribution is -2.23. The van der Waals surface area contributed by atoms with Gasteiger partial charge in [-0.25, -0.2) is 0 Å². The molecule has 15 heavy (non-hydrogen) atoms. The third kappa shape index (κ3) is 4.41. The number of nitrogens with one attached hydrogen (secondary N) is 1. The molecule has 1 atom stereocenters. The van der Waals surface area contributed by atoms with Crippen LogP contribution in [0.2, 0.25) is 0 Å². The molecule has 0 saturated carbocycles. The minimum Gasteiger partial charge on any atom is -0.313 e. The highest BCUT2D eigenvalue weighted by Gasteiger charge is 2.13. The van der Waals surface area contributed by atoms with Crippen LogP contribution in [0, 0.1) is 0 Å². The largest absolute Gasteiger partial charge is 0.313 e. The Morgan fingerprint density at radius 2 is 2.20 bits per heavy atom. The molecule has 2 heterocycles. The van der Waals surface area contributed by atoms with Crippen LogP contribution in [0.1, 0.15) is 18.4 Å². The molecule has 1 aliphatic heterocycles. The van der Waals surface area contributed by atoms with Crippen LogP contribution in [-0.4, -0.2) is 23.3 Å². The van der Waals surface area contributed by atoms with Crippen molar-refractivity contribution >= 4 is 24.2 Å². The van der Waals surface area contributed by atoms with Crippen molar-refractivity contribution in [3.8, 4) is 0 Å². The summed E-state index contributed by atoms with van der Waals surface area (Å²) in [6.07, 6.45) is 6.43. The molecule has 1 fully saturated rings. The first-order valence-corrected chi connectivity index (χ1v) is 6.30. The van der Waals surface area contributed by atoms with Crippen LogP contribution in [-0.2, 0) is 5.75 Å². The van der Waals surface area contributed by atoms with Crippen molar-refractivity contribution in [2.75, 3.05) is 12.3 Å². The van der Waals surface area contributed by atoms with E-state index in [1.54, 1.807) is 0 Å². The fourth-order valence-electron chi connectivity index (χ4n) is 1.70. The molecule has 1 N–H and O–H groups in total. The molecule has 0 aromatic carbocycles. The average molecular weight is 245 g/mol. The summed E-state index contributed by atoms with van der Waals surface area (Å²) in [7, 11) is 0. The lowest BCUT2D eigenvalue weighted by atomic mass is 10.3.